The molecule has 8 heteroatoms. The highest BCUT2D eigenvalue weighted by Crippen LogP contribution is 2.28. The minimum Gasteiger partial charge on any atom is -0.506 e. The van der Waals surface area contributed by atoms with Gasteiger partial charge in [-0.3, -0.25) is 0 Å². The molecule has 30 heavy (non-hydrogen) atoms. The second-order valence-electron chi connectivity index (χ2n) is 6.82. The lowest BCUT2D eigenvalue weighted by molar-refractivity contribution is 0.354. The van der Waals surface area contributed by atoms with Crippen molar-refractivity contribution in [2.75, 3.05) is 51.8 Å². The summed E-state index contributed by atoms with van der Waals surface area (Å²) >= 11 is 0. The third-order valence-corrected chi connectivity index (χ3v) is 5.00. The monoisotopic (exact) mass is 526 g/mol. The number of methoxy groups -OCH3 is 2. The molecule has 2 N–H and O–H groups in total. The number of nitrogens with zero attached hydrogens (tertiary/aromatic N) is 3. The number of hydrogen-bond acceptors (Lipinski definition) is 5. The number of hydrogen-bond donors (Lipinski definition) is 2. The minimum absolute atomic E-state index is 0. The first-order chi connectivity index (χ1) is 14.2. The number of aliphatic imine (C=N–C) groups is 1. The molecule has 0 aromatic heterocycles. The first kappa shape index (κ1) is 23.9. The molecule has 0 aliphatic carbocycles. The molecule has 1 heterocycles. The van der Waals surface area contributed by atoms with Gasteiger partial charge in [0.2, 0.25) is 0 Å². The maximum atomic E-state index is 10.1. The van der Waals surface area contributed by atoms with Crippen molar-refractivity contribution in [1.82, 2.24) is 10.2 Å². The summed E-state index contributed by atoms with van der Waals surface area (Å²) in [4.78, 5) is 9.30. The number of piperazine rings is 1. The van der Waals surface area contributed by atoms with E-state index in [1.807, 2.05) is 36.4 Å². The second kappa shape index (κ2) is 11.7. The zero-order valence-corrected chi connectivity index (χ0v) is 20.1. The number of phenols is 1. The molecule has 0 saturated carbocycles. The smallest absolute Gasteiger partial charge is 0.194 e. The lowest BCUT2D eigenvalue weighted by Crippen LogP contribution is -2.52. The summed E-state index contributed by atoms with van der Waals surface area (Å²) in [5, 5.41) is 13.5. The number of rotatable bonds is 6. The fourth-order valence-corrected chi connectivity index (χ4v) is 3.46. The van der Waals surface area contributed by atoms with Crippen LogP contribution in [0.15, 0.2) is 47.5 Å². The molecule has 1 aliphatic heterocycles. The van der Waals surface area contributed by atoms with Crippen molar-refractivity contribution in [3.63, 3.8) is 0 Å². The summed E-state index contributed by atoms with van der Waals surface area (Å²) in [6.45, 7) is 6.78. The molecule has 2 aromatic rings. The molecule has 0 amide bonds. The Bertz CT molecular complexity index is 839. The van der Waals surface area contributed by atoms with E-state index in [4.69, 9.17) is 14.5 Å². The van der Waals surface area contributed by atoms with Crippen LogP contribution in [-0.4, -0.2) is 62.9 Å². The molecular formula is C22H31IN4O3. The van der Waals surface area contributed by atoms with Crippen LogP contribution in [0.4, 0.5) is 5.69 Å². The lowest BCUT2D eigenvalue weighted by atomic mass is 10.2. The van der Waals surface area contributed by atoms with E-state index in [2.05, 4.69) is 22.0 Å². The summed E-state index contributed by atoms with van der Waals surface area (Å²) in [5.74, 6) is 2.66. The van der Waals surface area contributed by atoms with Gasteiger partial charge in [-0.15, -0.1) is 24.0 Å². The van der Waals surface area contributed by atoms with Gasteiger partial charge in [0.25, 0.3) is 0 Å². The Morgan fingerprint density at radius 3 is 2.37 bits per heavy atom. The van der Waals surface area contributed by atoms with E-state index in [1.54, 1.807) is 20.3 Å². The number of guanidine groups is 1. The zero-order valence-electron chi connectivity index (χ0n) is 17.8. The Labute approximate surface area is 195 Å². The molecule has 1 saturated heterocycles. The first-order valence-electron chi connectivity index (χ1n) is 9.93. The van der Waals surface area contributed by atoms with E-state index in [9.17, 15) is 5.11 Å². The predicted molar refractivity (Wildman–Crippen MR) is 132 cm³/mol. The number of ether oxygens (including phenoxy) is 2. The van der Waals surface area contributed by atoms with Crippen LogP contribution in [-0.2, 0) is 6.54 Å². The van der Waals surface area contributed by atoms with Gasteiger partial charge in [-0.25, -0.2) is 4.99 Å². The van der Waals surface area contributed by atoms with Gasteiger partial charge in [-0.2, -0.15) is 0 Å². The average molecular weight is 526 g/mol. The fraction of sp³-hybridized carbons (Fsp3) is 0.409. The third-order valence-electron chi connectivity index (χ3n) is 5.00. The molecule has 1 fully saturated rings. The Morgan fingerprint density at radius 2 is 1.73 bits per heavy atom. The van der Waals surface area contributed by atoms with Gasteiger partial charge in [-0.1, -0.05) is 18.2 Å². The minimum atomic E-state index is 0. The van der Waals surface area contributed by atoms with Gasteiger partial charge in [0, 0.05) is 32.7 Å². The maximum Gasteiger partial charge on any atom is 0.194 e. The molecule has 1 aliphatic rings. The number of halogens is 1. The van der Waals surface area contributed by atoms with E-state index in [0.29, 0.717) is 23.8 Å². The van der Waals surface area contributed by atoms with Crippen LogP contribution in [0.2, 0.25) is 0 Å². The Morgan fingerprint density at radius 1 is 1.03 bits per heavy atom. The first-order valence-corrected chi connectivity index (χ1v) is 9.93. The summed E-state index contributed by atoms with van der Waals surface area (Å²) in [6.07, 6.45) is 0. The van der Waals surface area contributed by atoms with Gasteiger partial charge in [0.05, 0.1) is 26.5 Å². The highest BCUT2D eigenvalue weighted by Gasteiger charge is 2.21. The second-order valence-corrected chi connectivity index (χ2v) is 6.82. The van der Waals surface area contributed by atoms with Crippen LogP contribution in [0.5, 0.6) is 17.2 Å². The van der Waals surface area contributed by atoms with Gasteiger partial charge in [-0.05, 0) is 36.8 Å². The summed E-state index contributed by atoms with van der Waals surface area (Å²) in [6, 6.07) is 13.4. The highest BCUT2D eigenvalue weighted by atomic mass is 127. The van der Waals surface area contributed by atoms with Gasteiger partial charge in [0.1, 0.15) is 5.75 Å². The van der Waals surface area contributed by atoms with Crippen LogP contribution in [0.1, 0.15) is 12.5 Å². The average Bonchev–Trinajstić information content (AvgIpc) is 2.77. The zero-order chi connectivity index (χ0) is 20.6. The van der Waals surface area contributed by atoms with Crippen LogP contribution in [0, 0.1) is 0 Å². The SMILES string of the molecule is CCNC(=NCc1ccc(OC)c(OC)c1)N1CCN(c2ccccc2O)CC1.I. The molecule has 0 unspecified atom stereocenters. The molecule has 0 atom stereocenters. The Kier molecular flexibility index (Phi) is 9.35. The lowest BCUT2D eigenvalue weighted by Gasteiger charge is -2.37. The van der Waals surface area contributed by atoms with Gasteiger partial charge >= 0.3 is 0 Å². The third kappa shape index (κ3) is 5.84. The number of nitrogens with one attached hydrogen (secondary N) is 1. The molecule has 0 spiro atoms. The molecule has 2 aromatic carbocycles. The predicted octanol–water partition coefficient (Wildman–Crippen LogP) is 3.32. The molecule has 7 nitrogen and oxygen atoms in total. The summed E-state index contributed by atoms with van der Waals surface area (Å²) in [7, 11) is 3.27. The quantitative estimate of drug-likeness (QED) is 0.342. The number of phenolic OH excluding ortho intramolecular Hbond substituents is 1. The topological polar surface area (TPSA) is 69.6 Å². The number of aromatic hydroxyl groups is 1. The molecule has 3 rings (SSSR count). The molecule has 0 bridgehead atoms. The summed E-state index contributed by atoms with van der Waals surface area (Å²) in [5.41, 5.74) is 1.95. The standard InChI is InChI=1S/C22H30N4O3.HI/c1-4-23-22(24-16-17-9-10-20(28-2)21(15-17)29-3)26-13-11-25(12-14-26)18-7-5-6-8-19(18)27;/h5-10,15,27H,4,11-14,16H2,1-3H3,(H,23,24);1H. The highest BCUT2D eigenvalue weighted by molar-refractivity contribution is 14.0. The van der Waals surface area contributed by atoms with Crippen LogP contribution < -0.4 is 19.7 Å². The van der Waals surface area contributed by atoms with Gasteiger partial charge in [0.15, 0.2) is 17.5 Å². The van der Waals surface area contributed by atoms with Crippen LogP contribution in [0.3, 0.4) is 0 Å². The number of para-hydroxylation sites is 2. The van der Waals surface area contributed by atoms with Crippen molar-refractivity contribution in [3.8, 4) is 17.2 Å². The Hall–Kier alpha value is -2.36. The van der Waals surface area contributed by atoms with Crippen molar-refractivity contribution in [3.05, 3.63) is 48.0 Å². The van der Waals surface area contributed by atoms with Crippen molar-refractivity contribution >= 4 is 35.6 Å². The van der Waals surface area contributed by atoms with E-state index in [0.717, 1.165) is 49.9 Å². The summed E-state index contributed by atoms with van der Waals surface area (Å²) < 4.78 is 10.7. The molecule has 0 radical (unpaired) electrons. The molecule has 164 valence electrons. The Balaban J connectivity index is 0.00000320. The van der Waals surface area contributed by atoms with E-state index < -0.39 is 0 Å². The van der Waals surface area contributed by atoms with E-state index in [1.165, 1.54) is 0 Å². The largest absolute Gasteiger partial charge is 0.506 e. The van der Waals surface area contributed by atoms with Crippen molar-refractivity contribution < 1.29 is 14.6 Å². The fourth-order valence-electron chi connectivity index (χ4n) is 3.46. The molecular weight excluding hydrogens is 495 g/mol. The van der Waals surface area contributed by atoms with Crippen molar-refractivity contribution in [2.45, 2.75) is 13.5 Å². The normalized spacial score (nSPS) is 14.2. The number of anilines is 1. The van der Waals surface area contributed by atoms with Gasteiger partial charge < -0.3 is 29.7 Å². The van der Waals surface area contributed by atoms with Crippen LogP contribution >= 0.6 is 24.0 Å². The van der Waals surface area contributed by atoms with Crippen LogP contribution in [0.25, 0.3) is 0 Å². The van der Waals surface area contributed by atoms with E-state index in [-0.39, 0.29) is 24.0 Å². The maximum absolute atomic E-state index is 10.1. The van der Waals surface area contributed by atoms with Crippen molar-refractivity contribution in [2.24, 2.45) is 4.99 Å². The number of benzene rings is 2. The van der Waals surface area contributed by atoms with Crippen molar-refractivity contribution in [1.29, 1.82) is 0 Å². The van der Waals surface area contributed by atoms with E-state index >= 15 is 0 Å².